The van der Waals surface area contributed by atoms with Crippen LogP contribution in [0.1, 0.15) is 24.0 Å². The van der Waals surface area contributed by atoms with Gasteiger partial charge in [-0.15, -0.1) is 0 Å². The number of carbonyl (C=O) groups excluding carboxylic acids is 2. The summed E-state index contributed by atoms with van der Waals surface area (Å²) >= 11 is 0. The van der Waals surface area contributed by atoms with Gasteiger partial charge in [-0.3, -0.25) is 4.79 Å². The molecule has 2 aromatic rings. The molecule has 2 N–H and O–H groups in total. The van der Waals surface area contributed by atoms with Gasteiger partial charge in [0.2, 0.25) is 5.91 Å². The van der Waals surface area contributed by atoms with Crippen molar-refractivity contribution in [1.29, 1.82) is 0 Å². The first-order valence-corrected chi connectivity index (χ1v) is 8.52. The lowest BCUT2D eigenvalue weighted by molar-refractivity contribution is -0.123. The highest BCUT2D eigenvalue weighted by Gasteiger charge is 2.28. The summed E-state index contributed by atoms with van der Waals surface area (Å²) in [4.78, 5) is 24.5. The lowest BCUT2D eigenvalue weighted by atomic mass is 10.1. The van der Waals surface area contributed by atoms with Gasteiger partial charge in [-0.05, 0) is 24.0 Å². The lowest BCUT2D eigenvalue weighted by Gasteiger charge is -2.18. The van der Waals surface area contributed by atoms with Gasteiger partial charge in [0.05, 0.1) is 0 Å². The van der Waals surface area contributed by atoms with Crippen LogP contribution < -0.4 is 10.6 Å². The van der Waals surface area contributed by atoms with E-state index in [1.807, 2.05) is 60.7 Å². The molecule has 0 bridgehead atoms. The van der Waals surface area contributed by atoms with Gasteiger partial charge in [0, 0.05) is 12.5 Å². The van der Waals surface area contributed by atoms with Gasteiger partial charge in [-0.25, -0.2) is 4.79 Å². The van der Waals surface area contributed by atoms with Gasteiger partial charge >= 0.3 is 6.09 Å². The van der Waals surface area contributed by atoms with Gasteiger partial charge in [-0.2, -0.15) is 0 Å². The lowest BCUT2D eigenvalue weighted by Crippen LogP contribution is -2.48. The Labute approximate surface area is 147 Å². The second kappa shape index (κ2) is 8.33. The quantitative estimate of drug-likeness (QED) is 0.816. The van der Waals surface area contributed by atoms with Gasteiger partial charge in [0.1, 0.15) is 12.6 Å². The fourth-order valence-corrected chi connectivity index (χ4v) is 2.50. The van der Waals surface area contributed by atoms with Gasteiger partial charge < -0.3 is 15.4 Å². The van der Waals surface area contributed by atoms with Crippen LogP contribution in [0.4, 0.5) is 4.79 Å². The van der Waals surface area contributed by atoms with Crippen molar-refractivity contribution in [2.75, 3.05) is 0 Å². The van der Waals surface area contributed by atoms with Crippen LogP contribution in [0.3, 0.4) is 0 Å². The molecule has 0 aliphatic heterocycles. The number of benzene rings is 2. The summed E-state index contributed by atoms with van der Waals surface area (Å²) in [5.74, 6) is -0.164. The minimum atomic E-state index is -0.647. The average molecular weight is 338 g/mol. The zero-order chi connectivity index (χ0) is 17.5. The number of alkyl carbamates (subject to hydrolysis) is 1. The van der Waals surface area contributed by atoms with Gasteiger partial charge in [0.15, 0.2) is 0 Å². The Morgan fingerprint density at radius 3 is 2.16 bits per heavy atom. The van der Waals surface area contributed by atoms with Crippen molar-refractivity contribution in [3.05, 3.63) is 71.8 Å². The predicted molar refractivity (Wildman–Crippen MR) is 94.9 cm³/mol. The van der Waals surface area contributed by atoms with Crippen molar-refractivity contribution in [3.8, 4) is 0 Å². The van der Waals surface area contributed by atoms with E-state index in [1.165, 1.54) is 0 Å². The van der Waals surface area contributed by atoms with Crippen molar-refractivity contribution in [1.82, 2.24) is 10.6 Å². The molecule has 0 saturated heterocycles. The van der Waals surface area contributed by atoms with Crippen molar-refractivity contribution in [2.45, 2.75) is 38.0 Å². The minimum absolute atomic E-state index is 0.164. The first kappa shape index (κ1) is 17.0. The number of ether oxygens (including phenoxy) is 1. The summed E-state index contributed by atoms with van der Waals surface area (Å²) in [7, 11) is 0. The molecule has 5 nitrogen and oxygen atoms in total. The standard InChI is InChI=1S/C20H22N2O3/c23-19(21-17-11-12-17)18(13-15-7-3-1-4-8-15)22-20(24)25-14-16-9-5-2-6-10-16/h1-10,17-18H,11-14H2,(H,21,23)(H,22,24)/t18-/m1/s1. The van der Waals surface area contributed by atoms with Crippen molar-refractivity contribution in [3.63, 3.8) is 0 Å². The maximum atomic E-state index is 12.4. The van der Waals surface area contributed by atoms with Crippen molar-refractivity contribution in [2.24, 2.45) is 0 Å². The zero-order valence-corrected chi connectivity index (χ0v) is 14.0. The van der Waals surface area contributed by atoms with E-state index in [1.54, 1.807) is 0 Å². The van der Waals surface area contributed by atoms with Crippen LogP contribution in [0.2, 0.25) is 0 Å². The third-order valence-electron chi connectivity index (χ3n) is 4.03. The normalized spacial score (nSPS) is 14.4. The molecule has 0 aromatic heterocycles. The Kier molecular flexibility index (Phi) is 5.67. The number of nitrogens with one attached hydrogen (secondary N) is 2. The topological polar surface area (TPSA) is 67.4 Å². The van der Waals surface area contributed by atoms with Crippen LogP contribution in [-0.4, -0.2) is 24.1 Å². The molecule has 3 rings (SSSR count). The van der Waals surface area contributed by atoms with E-state index in [0.29, 0.717) is 6.42 Å². The van der Waals surface area contributed by atoms with E-state index >= 15 is 0 Å². The molecular formula is C20H22N2O3. The summed E-state index contributed by atoms with van der Waals surface area (Å²) in [6.45, 7) is 0.176. The Hall–Kier alpha value is -2.82. The van der Waals surface area contributed by atoms with Gasteiger partial charge in [0.25, 0.3) is 0 Å². The summed E-state index contributed by atoms with van der Waals surface area (Å²) in [5.41, 5.74) is 1.89. The molecule has 0 spiro atoms. The van der Waals surface area contributed by atoms with Crippen LogP contribution in [0.25, 0.3) is 0 Å². The molecule has 1 atom stereocenters. The first-order valence-electron chi connectivity index (χ1n) is 8.52. The maximum absolute atomic E-state index is 12.4. The van der Waals surface area contributed by atoms with E-state index in [4.69, 9.17) is 4.74 Å². The molecule has 25 heavy (non-hydrogen) atoms. The van der Waals surface area contributed by atoms with Crippen LogP contribution >= 0.6 is 0 Å². The Bertz CT molecular complexity index is 699. The molecule has 0 radical (unpaired) electrons. The fourth-order valence-electron chi connectivity index (χ4n) is 2.50. The molecular weight excluding hydrogens is 316 g/mol. The van der Waals surface area contributed by atoms with E-state index in [2.05, 4.69) is 10.6 Å². The van der Waals surface area contributed by atoms with E-state index in [0.717, 1.165) is 24.0 Å². The average Bonchev–Trinajstić information content (AvgIpc) is 3.45. The Morgan fingerprint density at radius 1 is 0.960 bits per heavy atom. The molecule has 1 aliphatic rings. The molecule has 2 aromatic carbocycles. The Balaban J connectivity index is 1.57. The van der Waals surface area contributed by atoms with E-state index in [9.17, 15) is 9.59 Å². The minimum Gasteiger partial charge on any atom is -0.445 e. The molecule has 1 fully saturated rings. The molecule has 1 aliphatic carbocycles. The zero-order valence-electron chi connectivity index (χ0n) is 14.0. The Morgan fingerprint density at radius 2 is 1.56 bits per heavy atom. The number of carbonyl (C=O) groups is 2. The van der Waals surface area contributed by atoms with Crippen molar-refractivity contribution < 1.29 is 14.3 Å². The monoisotopic (exact) mass is 338 g/mol. The van der Waals surface area contributed by atoms with E-state index < -0.39 is 12.1 Å². The molecule has 0 unspecified atom stereocenters. The number of amides is 2. The smallest absolute Gasteiger partial charge is 0.408 e. The molecule has 130 valence electrons. The molecule has 1 saturated carbocycles. The number of hydrogen-bond donors (Lipinski definition) is 2. The van der Waals surface area contributed by atoms with Gasteiger partial charge in [-0.1, -0.05) is 60.7 Å². The van der Waals surface area contributed by atoms with Crippen LogP contribution in [-0.2, 0) is 22.6 Å². The third kappa shape index (κ3) is 5.64. The summed E-state index contributed by atoms with van der Waals surface area (Å²) in [6, 6.07) is 18.7. The number of rotatable bonds is 7. The van der Waals surface area contributed by atoms with Crippen LogP contribution in [0.5, 0.6) is 0 Å². The van der Waals surface area contributed by atoms with E-state index in [-0.39, 0.29) is 18.6 Å². The molecule has 2 amide bonds. The maximum Gasteiger partial charge on any atom is 0.408 e. The summed E-state index contributed by atoms with van der Waals surface area (Å²) < 4.78 is 5.24. The highest BCUT2D eigenvalue weighted by atomic mass is 16.5. The molecule has 0 heterocycles. The highest BCUT2D eigenvalue weighted by Crippen LogP contribution is 2.19. The second-order valence-corrected chi connectivity index (χ2v) is 6.23. The van der Waals surface area contributed by atoms with Crippen LogP contribution in [0, 0.1) is 0 Å². The second-order valence-electron chi connectivity index (χ2n) is 6.23. The predicted octanol–water partition coefficient (Wildman–Crippen LogP) is 2.80. The van der Waals surface area contributed by atoms with Crippen molar-refractivity contribution >= 4 is 12.0 Å². The fraction of sp³-hybridized carbons (Fsp3) is 0.300. The molecule has 5 heteroatoms. The summed E-state index contributed by atoms with van der Waals surface area (Å²) in [6.07, 6.45) is 1.85. The highest BCUT2D eigenvalue weighted by molar-refractivity contribution is 5.86. The number of hydrogen-bond acceptors (Lipinski definition) is 3. The van der Waals surface area contributed by atoms with Crippen LogP contribution in [0.15, 0.2) is 60.7 Å². The first-order chi connectivity index (χ1) is 12.2. The third-order valence-corrected chi connectivity index (χ3v) is 4.03. The summed E-state index contributed by atoms with van der Waals surface area (Å²) in [5, 5.41) is 5.64. The SMILES string of the molecule is O=C(N[C@H](Cc1ccccc1)C(=O)NC1CC1)OCc1ccccc1. The largest absolute Gasteiger partial charge is 0.445 e.